The molecule has 2 fully saturated rings. The fraction of sp³-hybridized carbons (Fsp3) is 0.481. The van der Waals surface area contributed by atoms with Crippen LogP contribution >= 0.6 is 0 Å². The first kappa shape index (κ1) is 25.1. The maximum absolute atomic E-state index is 14.7. The molecule has 0 aliphatic carbocycles. The summed E-state index contributed by atoms with van der Waals surface area (Å²) in [6.45, 7) is 8.04. The molecule has 1 aromatic carbocycles. The number of piperazine rings is 1. The Morgan fingerprint density at radius 1 is 1.11 bits per heavy atom. The predicted octanol–water partition coefficient (Wildman–Crippen LogP) is 3.47. The second-order valence-corrected chi connectivity index (χ2v) is 10.6. The van der Waals surface area contributed by atoms with E-state index in [1.165, 1.54) is 12.5 Å². The lowest BCUT2D eigenvalue weighted by Gasteiger charge is -2.38. The molecule has 0 saturated carbocycles. The average molecular weight is 508 g/mol. The SMILES string of the molecule is CC(C)c1ccc(N2CCN(C)C(=O)C2)c2cnc(Nc3ccnc(N4CC[C@@H](O)[C@@](C)(F)C4)n3)cc12. The molecule has 4 heterocycles. The van der Waals surface area contributed by atoms with Gasteiger partial charge in [0.05, 0.1) is 19.2 Å². The summed E-state index contributed by atoms with van der Waals surface area (Å²) in [4.78, 5) is 31.6. The first-order valence-electron chi connectivity index (χ1n) is 12.8. The minimum atomic E-state index is -1.72. The van der Waals surface area contributed by atoms with Gasteiger partial charge in [0.2, 0.25) is 11.9 Å². The average Bonchev–Trinajstić information content (AvgIpc) is 2.86. The zero-order chi connectivity index (χ0) is 26.3. The van der Waals surface area contributed by atoms with Crippen molar-refractivity contribution < 1.29 is 14.3 Å². The Hall–Kier alpha value is -3.53. The third kappa shape index (κ3) is 5.02. The second kappa shape index (κ2) is 9.74. The van der Waals surface area contributed by atoms with E-state index in [9.17, 15) is 14.3 Å². The largest absolute Gasteiger partial charge is 0.390 e. The van der Waals surface area contributed by atoms with Crippen molar-refractivity contribution in [3.8, 4) is 0 Å². The van der Waals surface area contributed by atoms with E-state index in [0.717, 1.165) is 23.0 Å². The van der Waals surface area contributed by atoms with Crippen molar-refractivity contribution in [1.82, 2.24) is 19.9 Å². The van der Waals surface area contributed by atoms with E-state index in [-0.39, 0.29) is 12.5 Å². The number of halogens is 1. The van der Waals surface area contributed by atoms with Gasteiger partial charge in [-0.05, 0) is 48.4 Å². The standard InChI is InChI=1S/C27H34FN7O2/c1-17(2)18-5-6-21(34-12-11-33(4)25(37)15-34)20-14-30-24(13-19(18)20)31-23-7-9-29-26(32-23)35-10-8-22(36)27(3,28)16-35/h5-7,9,13-14,17,22,36H,8,10-12,15-16H2,1-4H3,(H,29,30,31,32)/t22-,27+/m1/s1. The van der Waals surface area contributed by atoms with E-state index in [1.807, 2.05) is 19.3 Å². The molecule has 2 aromatic heterocycles. The van der Waals surface area contributed by atoms with Gasteiger partial charge in [-0.3, -0.25) is 4.79 Å². The maximum atomic E-state index is 14.7. The molecule has 10 heteroatoms. The van der Waals surface area contributed by atoms with Crippen molar-refractivity contribution in [3.05, 3.63) is 42.2 Å². The van der Waals surface area contributed by atoms with Gasteiger partial charge in [-0.25, -0.2) is 14.4 Å². The zero-order valence-electron chi connectivity index (χ0n) is 21.8. The van der Waals surface area contributed by atoms with Crippen molar-refractivity contribution in [2.75, 3.05) is 54.9 Å². The number of piperidine rings is 1. The van der Waals surface area contributed by atoms with Crippen LogP contribution in [0.25, 0.3) is 10.8 Å². The smallest absolute Gasteiger partial charge is 0.241 e. The number of amides is 1. The number of carbonyl (C=O) groups excluding carboxylic acids is 1. The van der Waals surface area contributed by atoms with Crippen LogP contribution in [0.1, 0.15) is 38.7 Å². The van der Waals surface area contributed by atoms with E-state index < -0.39 is 11.8 Å². The highest BCUT2D eigenvalue weighted by Crippen LogP contribution is 2.35. The number of alkyl halides is 1. The number of aromatic nitrogens is 3. The van der Waals surface area contributed by atoms with Gasteiger partial charge in [-0.2, -0.15) is 4.98 Å². The lowest BCUT2D eigenvalue weighted by molar-refractivity contribution is -0.129. The number of aliphatic hydroxyl groups excluding tert-OH is 1. The lowest BCUT2D eigenvalue weighted by atomic mass is 9.94. The van der Waals surface area contributed by atoms with Crippen LogP contribution in [0.4, 0.5) is 27.7 Å². The minimum Gasteiger partial charge on any atom is -0.390 e. The topological polar surface area (TPSA) is 97.7 Å². The van der Waals surface area contributed by atoms with Crippen LogP contribution in [0.15, 0.2) is 36.7 Å². The Morgan fingerprint density at radius 2 is 1.92 bits per heavy atom. The fourth-order valence-corrected chi connectivity index (χ4v) is 5.07. The molecule has 9 nitrogen and oxygen atoms in total. The van der Waals surface area contributed by atoms with Crippen LogP contribution < -0.4 is 15.1 Å². The van der Waals surface area contributed by atoms with E-state index in [1.54, 1.807) is 22.1 Å². The molecule has 37 heavy (non-hydrogen) atoms. The number of anilines is 4. The summed E-state index contributed by atoms with van der Waals surface area (Å²) in [7, 11) is 1.84. The number of likely N-dealkylation sites (N-methyl/N-ethyl adjacent to an activating group) is 1. The number of benzene rings is 1. The zero-order valence-corrected chi connectivity index (χ0v) is 21.8. The van der Waals surface area contributed by atoms with Crippen LogP contribution in [0.5, 0.6) is 0 Å². The van der Waals surface area contributed by atoms with Crippen molar-refractivity contribution in [3.63, 3.8) is 0 Å². The molecule has 0 spiro atoms. The first-order chi connectivity index (χ1) is 17.6. The first-order valence-corrected chi connectivity index (χ1v) is 12.8. The molecule has 2 N–H and O–H groups in total. The van der Waals surface area contributed by atoms with Crippen molar-refractivity contribution in [2.24, 2.45) is 0 Å². The van der Waals surface area contributed by atoms with Gasteiger partial charge in [0.1, 0.15) is 11.6 Å². The number of hydrogen-bond acceptors (Lipinski definition) is 8. The van der Waals surface area contributed by atoms with Crippen LogP contribution in [0.2, 0.25) is 0 Å². The summed E-state index contributed by atoms with van der Waals surface area (Å²) in [6, 6.07) is 7.99. The fourth-order valence-electron chi connectivity index (χ4n) is 5.07. The number of rotatable bonds is 5. The second-order valence-electron chi connectivity index (χ2n) is 10.6. The van der Waals surface area contributed by atoms with Crippen molar-refractivity contribution in [2.45, 2.75) is 44.9 Å². The molecular formula is C27H34FN7O2. The van der Waals surface area contributed by atoms with Crippen LogP contribution in [-0.2, 0) is 4.79 Å². The van der Waals surface area contributed by atoms with Gasteiger partial charge < -0.3 is 25.1 Å². The quantitative estimate of drug-likeness (QED) is 0.542. The molecule has 0 unspecified atom stereocenters. The number of nitrogens with one attached hydrogen (secondary N) is 1. The number of aliphatic hydroxyl groups is 1. The van der Waals surface area contributed by atoms with E-state index >= 15 is 0 Å². The summed E-state index contributed by atoms with van der Waals surface area (Å²) in [5, 5.41) is 15.3. The maximum Gasteiger partial charge on any atom is 0.241 e. The van der Waals surface area contributed by atoms with Crippen LogP contribution in [0.3, 0.4) is 0 Å². The molecule has 0 bridgehead atoms. The highest BCUT2D eigenvalue weighted by Gasteiger charge is 2.39. The highest BCUT2D eigenvalue weighted by molar-refractivity contribution is 5.99. The summed E-state index contributed by atoms with van der Waals surface area (Å²) in [6.07, 6.45) is 2.81. The molecule has 2 aliphatic rings. The molecule has 196 valence electrons. The molecular weight excluding hydrogens is 473 g/mol. The third-order valence-corrected chi connectivity index (χ3v) is 7.38. The van der Waals surface area contributed by atoms with Gasteiger partial charge in [-0.1, -0.05) is 19.9 Å². The highest BCUT2D eigenvalue weighted by atomic mass is 19.1. The van der Waals surface area contributed by atoms with E-state index in [2.05, 4.69) is 51.1 Å². The minimum absolute atomic E-state index is 0.0289. The van der Waals surface area contributed by atoms with Gasteiger partial charge in [0.25, 0.3) is 0 Å². The van der Waals surface area contributed by atoms with Crippen molar-refractivity contribution in [1.29, 1.82) is 0 Å². The predicted molar refractivity (Wildman–Crippen MR) is 143 cm³/mol. The summed E-state index contributed by atoms with van der Waals surface area (Å²) >= 11 is 0. The van der Waals surface area contributed by atoms with Gasteiger partial charge >= 0.3 is 0 Å². The summed E-state index contributed by atoms with van der Waals surface area (Å²) < 4.78 is 14.7. The third-order valence-electron chi connectivity index (χ3n) is 7.38. The summed E-state index contributed by atoms with van der Waals surface area (Å²) in [5.74, 6) is 2.00. The molecule has 1 amide bonds. The lowest BCUT2D eigenvalue weighted by Crippen LogP contribution is -2.52. The Kier molecular flexibility index (Phi) is 6.61. The molecule has 2 saturated heterocycles. The molecule has 5 rings (SSSR count). The molecule has 0 radical (unpaired) electrons. The van der Waals surface area contributed by atoms with Crippen LogP contribution in [0, 0.1) is 0 Å². The number of nitrogens with zero attached hydrogens (tertiary/aromatic N) is 6. The van der Waals surface area contributed by atoms with E-state index in [4.69, 9.17) is 0 Å². The number of hydrogen-bond donors (Lipinski definition) is 2. The van der Waals surface area contributed by atoms with Gasteiger partial charge in [0.15, 0.2) is 5.67 Å². The molecule has 2 atom stereocenters. The monoisotopic (exact) mass is 507 g/mol. The number of pyridine rings is 1. The Morgan fingerprint density at radius 3 is 2.65 bits per heavy atom. The Bertz CT molecular complexity index is 1320. The van der Waals surface area contributed by atoms with Gasteiger partial charge in [0, 0.05) is 50.1 Å². The Balaban J connectivity index is 1.44. The molecule has 3 aromatic rings. The number of fused-ring (bicyclic) bond motifs is 1. The molecule has 2 aliphatic heterocycles. The number of carbonyl (C=O) groups is 1. The van der Waals surface area contributed by atoms with Gasteiger partial charge in [-0.15, -0.1) is 0 Å². The normalized spacial score (nSPS) is 22.7. The Labute approximate surface area is 216 Å². The summed E-state index contributed by atoms with van der Waals surface area (Å²) in [5.41, 5.74) is 0.484. The van der Waals surface area contributed by atoms with E-state index in [0.29, 0.717) is 49.6 Å². The van der Waals surface area contributed by atoms with Crippen molar-refractivity contribution >= 4 is 40.0 Å². The van der Waals surface area contributed by atoms with Crippen LogP contribution in [-0.4, -0.2) is 82.4 Å².